The quantitative estimate of drug-likeness (QED) is 0.798. The lowest BCUT2D eigenvalue weighted by Crippen LogP contribution is -2.40. The summed E-state index contributed by atoms with van der Waals surface area (Å²) in [6.45, 7) is 9.38. The Balaban J connectivity index is 2.38. The number of carbonyl (C=O) groups is 1. The SMILES string of the molecule is CCC(C)C(C)(O)CNc1ncnc2oc(C)c(C(C)=O)c12. The van der Waals surface area contributed by atoms with Crippen molar-refractivity contribution in [3.05, 3.63) is 17.7 Å². The van der Waals surface area contributed by atoms with Crippen molar-refractivity contribution in [3.63, 3.8) is 0 Å². The maximum Gasteiger partial charge on any atom is 0.232 e. The maximum absolute atomic E-state index is 11.9. The van der Waals surface area contributed by atoms with Crippen LogP contribution in [-0.2, 0) is 0 Å². The summed E-state index contributed by atoms with van der Waals surface area (Å²) in [6, 6.07) is 0. The van der Waals surface area contributed by atoms with E-state index >= 15 is 0 Å². The number of hydrogen-bond donors (Lipinski definition) is 2. The Bertz CT molecular complexity index is 691. The van der Waals surface area contributed by atoms with Crippen LogP contribution in [0, 0.1) is 12.8 Å². The van der Waals surface area contributed by atoms with Crippen LogP contribution in [0.1, 0.15) is 50.2 Å². The molecule has 0 saturated heterocycles. The molecule has 0 aliphatic carbocycles. The number of hydrogen-bond acceptors (Lipinski definition) is 6. The monoisotopic (exact) mass is 305 g/mol. The van der Waals surface area contributed by atoms with E-state index in [4.69, 9.17) is 4.42 Å². The van der Waals surface area contributed by atoms with Gasteiger partial charge >= 0.3 is 0 Å². The first-order valence-corrected chi connectivity index (χ1v) is 7.49. The number of aryl methyl sites for hydroxylation is 1. The van der Waals surface area contributed by atoms with E-state index in [-0.39, 0.29) is 11.7 Å². The number of Topliss-reactive ketones (excluding diaryl/α,β-unsaturated/α-hetero) is 1. The van der Waals surface area contributed by atoms with Crippen LogP contribution >= 0.6 is 0 Å². The van der Waals surface area contributed by atoms with Crippen molar-refractivity contribution in [1.82, 2.24) is 9.97 Å². The van der Waals surface area contributed by atoms with Gasteiger partial charge in [-0.3, -0.25) is 4.79 Å². The molecule has 2 aromatic rings. The van der Waals surface area contributed by atoms with Crippen LogP contribution in [0.2, 0.25) is 0 Å². The van der Waals surface area contributed by atoms with Gasteiger partial charge in [0.2, 0.25) is 5.71 Å². The molecule has 0 saturated carbocycles. The molecule has 22 heavy (non-hydrogen) atoms. The first-order chi connectivity index (χ1) is 10.3. The zero-order valence-electron chi connectivity index (χ0n) is 13.7. The fraction of sp³-hybridized carbons (Fsp3) is 0.562. The molecule has 120 valence electrons. The highest BCUT2D eigenvalue weighted by molar-refractivity contribution is 6.09. The van der Waals surface area contributed by atoms with E-state index < -0.39 is 5.60 Å². The molecule has 0 aliphatic heterocycles. The zero-order valence-corrected chi connectivity index (χ0v) is 13.7. The fourth-order valence-electron chi connectivity index (χ4n) is 2.48. The Kier molecular flexibility index (Phi) is 4.51. The Morgan fingerprint density at radius 2 is 2.18 bits per heavy atom. The molecule has 0 bridgehead atoms. The van der Waals surface area contributed by atoms with Gasteiger partial charge in [0.1, 0.15) is 17.9 Å². The highest BCUT2D eigenvalue weighted by Gasteiger charge is 2.28. The smallest absolute Gasteiger partial charge is 0.232 e. The van der Waals surface area contributed by atoms with Gasteiger partial charge in [-0.2, -0.15) is 0 Å². The van der Waals surface area contributed by atoms with Crippen molar-refractivity contribution in [2.75, 3.05) is 11.9 Å². The van der Waals surface area contributed by atoms with E-state index in [0.29, 0.717) is 34.8 Å². The standard InChI is InChI=1S/C16H23N3O3/c1-6-9(2)16(5,21)7-17-14-13-12(10(3)20)11(4)22-15(13)19-8-18-14/h8-9,21H,6-7H2,1-5H3,(H,17,18,19). The summed E-state index contributed by atoms with van der Waals surface area (Å²) >= 11 is 0. The van der Waals surface area contributed by atoms with E-state index in [1.807, 2.05) is 13.8 Å². The minimum atomic E-state index is -0.874. The van der Waals surface area contributed by atoms with Gasteiger partial charge < -0.3 is 14.8 Å². The van der Waals surface area contributed by atoms with Gasteiger partial charge in [0.25, 0.3) is 0 Å². The lowest BCUT2D eigenvalue weighted by molar-refractivity contribution is 0.0175. The first-order valence-electron chi connectivity index (χ1n) is 7.49. The zero-order chi connectivity index (χ0) is 16.5. The maximum atomic E-state index is 11.9. The molecule has 2 unspecified atom stereocenters. The lowest BCUT2D eigenvalue weighted by atomic mass is 9.88. The third-order valence-electron chi connectivity index (χ3n) is 4.30. The molecule has 2 rings (SSSR count). The van der Waals surface area contributed by atoms with Crippen LogP contribution < -0.4 is 5.32 Å². The highest BCUT2D eigenvalue weighted by Crippen LogP contribution is 2.30. The summed E-state index contributed by atoms with van der Waals surface area (Å²) < 4.78 is 5.53. The van der Waals surface area contributed by atoms with E-state index in [9.17, 15) is 9.90 Å². The third-order valence-corrected chi connectivity index (χ3v) is 4.30. The van der Waals surface area contributed by atoms with Crippen molar-refractivity contribution in [3.8, 4) is 0 Å². The Morgan fingerprint density at radius 3 is 2.77 bits per heavy atom. The van der Waals surface area contributed by atoms with Crippen LogP contribution in [0.3, 0.4) is 0 Å². The minimum absolute atomic E-state index is 0.0946. The van der Waals surface area contributed by atoms with Crippen molar-refractivity contribution in [2.24, 2.45) is 5.92 Å². The molecule has 6 heteroatoms. The summed E-state index contributed by atoms with van der Waals surface area (Å²) in [6.07, 6.45) is 2.26. The minimum Gasteiger partial charge on any atom is -0.442 e. The summed E-state index contributed by atoms with van der Waals surface area (Å²) in [5.74, 6) is 1.08. The van der Waals surface area contributed by atoms with Crippen LogP contribution in [0.15, 0.2) is 10.7 Å². The number of aliphatic hydroxyl groups is 1. The topological polar surface area (TPSA) is 88.2 Å². The van der Waals surface area contributed by atoms with Gasteiger partial charge in [0.05, 0.1) is 16.6 Å². The normalized spacial score (nSPS) is 15.5. The molecule has 2 aromatic heterocycles. The number of anilines is 1. The molecular weight excluding hydrogens is 282 g/mol. The second-order valence-electron chi connectivity index (χ2n) is 6.01. The average molecular weight is 305 g/mol. The number of carbonyl (C=O) groups excluding carboxylic acids is 1. The van der Waals surface area contributed by atoms with Crippen LogP contribution in [0.25, 0.3) is 11.1 Å². The molecule has 2 N–H and O–H groups in total. The molecule has 6 nitrogen and oxygen atoms in total. The predicted octanol–water partition coefficient (Wildman–Crippen LogP) is 2.94. The van der Waals surface area contributed by atoms with Crippen LogP contribution in [0.4, 0.5) is 5.82 Å². The molecule has 2 heterocycles. The first kappa shape index (κ1) is 16.4. The van der Waals surface area contributed by atoms with Crippen molar-refractivity contribution in [1.29, 1.82) is 0 Å². The number of ketones is 1. The molecule has 0 fully saturated rings. The van der Waals surface area contributed by atoms with Crippen LogP contribution in [-0.4, -0.2) is 33.0 Å². The number of aromatic nitrogens is 2. The molecule has 0 aromatic carbocycles. The largest absolute Gasteiger partial charge is 0.442 e. The summed E-state index contributed by atoms with van der Waals surface area (Å²) in [5, 5.41) is 14.2. The highest BCUT2D eigenvalue weighted by atomic mass is 16.3. The lowest BCUT2D eigenvalue weighted by Gasteiger charge is -2.30. The number of furan rings is 1. The Labute approximate surface area is 130 Å². The summed E-state index contributed by atoms with van der Waals surface area (Å²) in [5.41, 5.74) is -0.00839. The van der Waals surface area contributed by atoms with Crippen molar-refractivity contribution in [2.45, 2.75) is 46.6 Å². The predicted molar refractivity (Wildman–Crippen MR) is 85.1 cm³/mol. The van der Waals surface area contributed by atoms with Gasteiger partial charge in [-0.15, -0.1) is 0 Å². The van der Waals surface area contributed by atoms with E-state index in [1.54, 1.807) is 13.8 Å². The van der Waals surface area contributed by atoms with Gasteiger partial charge in [0, 0.05) is 6.54 Å². The number of nitrogens with zero attached hydrogens (tertiary/aromatic N) is 2. The number of nitrogens with one attached hydrogen (secondary N) is 1. The summed E-state index contributed by atoms with van der Waals surface area (Å²) in [7, 11) is 0. The second-order valence-corrected chi connectivity index (χ2v) is 6.01. The van der Waals surface area contributed by atoms with Gasteiger partial charge in [-0.1, -0.05) is 20.3 Å². The molecule has 2 atom stereocenters. The molecule has 0 amide bonds. The van der Waals surface area contributed by atoms with Crippen molar-refractivity contribution < 1.29 is 14.3 Å². The molecular formula is C16H23N3O3. The molecule has 0 radical (unpaired) electrons. The molecule has 0 aliphatic rings. The Hall–Kier alpha value is -1.95. The average Bonchev–Trinajstić information content (AvgIpc) is 2.80. The number of rotatable bonds is 6. The third kappa shape index (κ3) is 2.97. The van der Waals surface area contributed by atoms with E-state index in [1.165, 1.54) is 13.3 Å². The second kappa shape index (κ2) is 6.04. The van der Waals surface area contributed by atoms with Gasteiger partial charge in [0.15, 0.2) is 5.78 Å². The van der Waals surface area contributed by atoms with E-state index in [2.05, 4.69) is 15.3 Å². The van der Waals surface area contributed by atoms with E-state index in [0.717, 1.165) is 6.42 Å². The summed E-state index contributed by atoms with van der Waals surface area (Å²) in [4.78, 5) is 20.1. The molecule has 0 spiro atoms. The van der Waals surface area contributed by atoms with Gasteiger partial charge in [-0.25, -0.2) is 9.97 Å². The van der Waals surface area contributed by atoms with Crippen molar-refractivity contribution >= 4 is 22.7 Å². The van der Waals surface area contributed by atoms with Gasteiger partial charge in [-0.05, 0) is 26.7 Å². The Morgan fingerprint density at radius 1 is 1.50 bits per heavy atom. The number of fused-ring (bicyclic) bond motifs is 1. The van der Waals surface area contributed by atoms with Crippen LogP contribution in [0.5, 0.6) is 0 Å². The fourth-order valence-corrected chi connectivity index (χ4v) is 2.48.